The van der Waals surface area contributed by atoms with Gasteiger partial charge < -0.3 is 14.7 Å². The summed E-state index contributed by atoms with van der Waals surface area (Å²) in [5.41, 5.74) is 1.39. The second-order valence-electron chi connectivity index (χ2n) is 9.05. The van der Waals surface area contributed by atoms with E-state index in [0.717, 1.165) is 51.7 Å². The van der Waals surface area contributed by atoms with Gasteiger partial charge in [-0.15, -0.1) is 0 Å². The van der Waals surface area contributed by atoms with Crippen molar-refractivity contribution in [3.8, 4) is 0 Å². The van der Waals surface area contributed by atoms with Crippen LogP contribution in [0.3, 0.4) is 0 Å². The Morgan fingerprint density at radius 3 is 2.59 bits per heavy atom. The molecule has 0 aliphatic carbocycles. The number of likely N-dealkylation sites (N-methyl/N-ethyl adjacent to an activating group) is 1. The van der Waals surface area contributed by atoms with Gasteiger partial charge in [0.15, 0.2) is 0 Å². The van der Waals surface area contributed by atoms with Gasteiger partial charge in [-0.25, -0.2) is 0 Å². The van der Waals surface area contributed by atoms with Crippen molar-refractivity contribution < 1.29 is 9.59 Å². The molecule has 5 nitrogen and oxygen atoms in total. The molecule has 3 aliphatic rings. The van der Waals surface area contributed by atoms with Gasteiger partial charge in [0.1, 0.15) is 0 Å². The average molecular weight is 398 g/mol. The zero-order chi connectivity index (χ0) is 20.2. The van der Waals surface area contributed by atoms with Crippen molar-refractivity contribution in [2.24, 2.45) is 0 Å². The molecule has 0 N–H and O–H groups in total. The fraction of sp³-hybridized carbons (Fsp3) is 0.667. The molecule has 3 aliphatic heterocycles. The quantitative estimate of drug-likeness (QED) is 0.786. The van der Waals surface area contributed by atoms with Gasteiger partial charge in [-0.3, -0.25) is 9.59 Å². The predicted octanol–water partition coefficient (Wildman–Crippen LogP) is 3.26. The molecule has 4 rings (SSSR count). The molecule has 1 aromatic carbocycles. The van der Waals surface area contributed by atoms with E-state index in [1.807, 2.05) is 4.90 Å². The molecular weight excluding hydrogens is 362 g/mol. The van der Waals surface area contributed by atoms with E-state index >= 15 is 0 Å². The summed E-state index contributed by atoms with van der Waals surface area (Å²) < 4.78 is 0. The highest BCUT2D eigenvalue weighted by Gasteiger charge is 2.43. The molecule has 5 heteroatoms. The Balaban J connectivity index is 1.54. The van der Waals surface area contributed by atoms with Crippen LogP contribution in [-0.2, 0) is 9.59 Å². The van der Waals surface area contributed by atoms with E-state index < -0.39 is 0 Å². The molecule has 0 radical (unpaired) electrons. The summed E-state index contributed by atoms with van der Waals surface area (Å²) in [6.07, 6.45) is 8.09. The largest absolute Gasteiger partial charge is 0.337 e. The van der Waals surface area contributed by atoms with Crippen LogP contribution >= 0.6 is 0 Å². The highest BCUT2D eigenvalue weighted by Crippen LogP contribution is 2.38. The van der Waals surface area contributed by atoms with Gasteiger partial charge in [-0.05, 0) is 51.3 Å². The summed E-state index contributed by atoms with van der Waals surface area (Å²) in [5.74, 6) is 0.773. The zero-order valence-electron chi connectivity index (χ0n) is 17.8. The SMILES string of the molecule is CN1CCCC[C@@H]2[C@H]1[C@@H](c1ccccc1)CCN2C(=O)CN1CCCCCC1=O. The van der Waals surface area contributed by atoms with Crippen LogP contribution in [0, 0.1) is 0 Å². The Bertz CT molecular complexity index is 707. The number of hydrogen-bond acceptors (Lipinski definition) is 3. The Hall–Kier alpha value is -1.88. The monoisotopic (exact) mass is 397 g/mol. The molecule has 158 valence electrons. The van der Waals surface area contributed by atoms with Crippen molar-refractivity contribution in [2.45, 2.75) is 69.4 Å². The van der Waals surface area contributed by atoms with Crippen molar-refractivity contribution in [3.63, 3.8) is 0 Å². The molecule has 0 bridgehead atoms. The smallest absolute Gasteiger partial charge is 0.242 e. The number of benzene rings is 1. The number of hydrogen-bond donors (Lipinski definition) is 0. The number of amides is 2. The molecular formula is C24H35N3O2. The van der Waals surface area contributed by atoms with Crippen LogP contribution in [0.15, 0.2) is 30.3 Å². The fourth-order valence-corrected chi connectivity index (χ4v) is 5.69. The standard InChI is InChI=1S/C24H35N3O2/c1-25-15-9-7-12-21-24(25)20(19-10-4-2-5-11-19)14-17-27(21)23(29)18-26-16-8-3-6-13-22(26)28/h2,4-5,10-11,20-21,24H,3,6-9,12-18H2,1H3/t20-,21-,24-/m1/s1. The number of carbonyl (C=O) groups excluding carboxylic acids is 2. The predicted molar refractivity (Wildman–Crippen MR) is 115 cm³/mol. The van der Waals surface area contributed by atoms with E-state index in [1.54, 1.807) is 0 Å². The lowest BCUT2D eigenvalue weighted by molar-refractivity contribution is -0.144. The van der Waals surface area contributed by atoms with Crippen molar-refractivity contribution in [1.82, 2.24) is 14.7 Å². The first-order chi connectivity index (χ1) is 14.1. The fourth-order valence-electron chi connectivity index (χ4n) is 5.69. The molecule has 0 unspecified atom stereocenters. The average Bonchev–Trinajstić information content (AvgIpc) is 3.06. The third kappa shape index (κ3) is 4.50. The number of likely N-dealkylation sites (tertiary alicyclic amines) is 3. The third-order valence-corrected chi connectivity index (χ3v) is 7.20. The lowest BCUT2D eigenvalue weighted by Gasteiger charge is -2.48. The minimum atomic E-state index is 0.150. The lowest BCUT2D eigenvalue weighted by atomic mass is 9.79. The first kappa shape index (κ1) is 20.4. The molecule has 3 saturated heterocycles. The highest BCUT2D eigenvalue weighted by molar-refractivity contribution is 5.85. The minimum Gasteiger partial charge on any atom is -0.337 e. The van der Waals surface area contributed by atoms with E-state index in [0.29, 0.717) is 18.4 Å². The Morgan fingerprint density at radius 1 is 0.966 bits per heavy atom. The van der Waals surface area contributed by atoms with E-state index in [1.165, 1.54) is 18.4 Å². The van der Waals surface area contributed by atoms with Gasteiger partial charge in [0, 0.05) is 37.5 Å². The second-order valence-corrected chi connectivity index (χ2v) is 9.05. The maximum atomic E-state index is 13.4. The maximum absolute atomic E-state index is 13.4. The molecule has 1 aromatic rings. The van der Waals surface area contributed by atoms with Crippen LogP contribution in [0.4, 0.5) is 0 Å². The molecule has 2 amide bonds. The van der Waals surface area contributed by atoms with Crippen LogP contribution in [0.1, 0.15) is 62.8 Å². The highest BCUT2D eigenvalue weighted by atomic mass is 16.2. The summed E-state index contributed by atoms with van der Waals surface area (Å²) in [6, 6.07) is 11.4. The summed E-state index contributed by atoms with van der Waals surface area (Å²) in [4.78, 5) is 32.2. The van der Waals surface area contributed by atoms with Crippen molar-refractivity contribution in [1.29, 1.82) is 0 Å². The zero-order valence-corrected chi connectivity index (χ0v) is 17.8. The summed E-state index contributed by atoms with van der Waals surface area (Å²) in [7, 11) is 2.23. The number of carbonyl (C=O) groups is 2. The molecule has 29 heavy (non-hydrogen) atoms. The van der Waals surface area contributed by atoms with Crippen LogP contribution < -0.4 is 0 Å². The van der Waals surface area contributed by atoms with Gasteiger partial charge in [0.05, 0.1) is 6.54 Å². The maximum Gasteiger partial charge on any atom is 0.242 e. The molecule has 0 aromatic heterocycles. The molecule has 3 heterocycles. The lowest BCUT2D eigenvalue weighted by Crippen LogP contribution is -2.60. The first-order valence-corrected chi connectivity index (χ1v) is 11.5. The molecule has 3 fully saturated rings. The molecule has 3 atom stereocenters. The number of nitrogens with zero attached hydrogens (tertiary/aromatic N) is 3. The van der Waals surface area contributed by atoms with E-state index in [4.69, 9.17) is 0 Å². The van der Waals surface area contributed by atoms with Crippen LogP contribution in [0.25, 0.3) is 0 Å². The van der Waals surface area contributed by atoms with Crippen LogP contribution in [-0.4, -0.2) is 71.8 Å². The van der Waals surface area contributed by atoms with E-state index in [9.17, 15) is 9.59 Å². The Labute approximate surface area is 175 Å². The molecule has 0 spiro atoms. The minimum absolute atomic E-state index is 0.150. The van der Waals surface area contributed by atoms with Crippen molar-refractivity contribution in [3.05, 3.63) is 35.9 Å². The van der Waals surface area contributed by atoms with Gasteiger partial charge in [0.25, 0.3) is 0 Å². The van der Waals surface area contributed by atoms with Gasteiger partial charge >= 0.3 is 0 Å². The summed E-state index contributed by atoms with van der Waals surface area (Å²) >= 11 is 0. The van der Waals surface area contributed by atoms with Crippen molar-refractivity contribution >= 4 is 11.8 Å². The van der Waals surface area contributed by atoms with E-state index in [2.05, 4.69) is 47.2 Å². The number of piperidine rings is 1. The van der Waals surface area contributed by atoms with Gasteiger partial charge in [-0.2, -0.15) is 0 Å². The topological polar surface area (TPSA) is 43.9 Å². The molecule has 0 saturated carbocycles. The first-order valence-electron chi connectivity index (χ1n) is 11.5. The summed E-state index contributed by atoms with van der Waals surface area (Å²) in [6.45, 7) is 2.90. The number of rotatable bonds is 3. The van der Waals surface area contributed by atoms with Gasteiger partial charge in [-0.1, -0.05) is 43.2 Å². The van der Waals surface area contributed by atoms with Crippen LogP contribution in [0.5, 0.6) is 0 Å². The summed E-state index contributed by atoms with van der Waals surface area (Å²) in [5, 5.41) is 0. The Kier molecular flexibility index (Phi) is 6.53. The van der Waals surface area contributed by atoms with Crippen LogP contribution in [0.2, 0.25) is 0 Å². The Morgan fingerprint density at radius 2 is 1.76 bits per heavy atom. The van der Waals surface area contributed by atoms with Crippen molar-refractivity contribution in [2.75, 3.05) is 33.2 Å². The van der Waals surface area contributed by atoms with E-state index in [-0.39, 0.29) is 24.4 Å². The normalized spacial score (nSPS) is 29.1. The second kappa shape index (κ2) is 9.29. The van der Waals surface area contributed by atoms with Gasteiger partial charge in [0.2, 0.25) is 11.8 Å². The number of fused-ring (bicyclic) bond motifs is 1. The third-order valence-electron chi connectivity index (χ3n) is 7.20.